The van der Waals surface area contributed by atoms with Crippen LogP contribution in [0.5, 0.6) is 5.75 Å². The van der Waals surface area contributed by atoms with Crippen LogP contribution in [0, 0.1) is 0 Å². The Morgan fingerprint density at radius 1 is 1.07 bits per heavy atom. The lowest BCUT2D eigenvalue weighted by atomic mass is 9.88. The SMILES string of the molecule is CC(C)Oc1ccc(N(C)CCC2(O)CCN(CCc3ccc(Cl)cc3)CC2)cc1. The molecule has 5 heteroatoms. The standard InChI is InChI=1S/C25H35ClN2O2/c1-20(2)30-24-10-8-23(9-11-24)27(3)17-13-25(29)14-18-28(19-15-25)16-12-21-4-6-22(26)7-5-21/h4-11,20,29H,12-19H2,1-3H3. The average Bonchev–Trinajstić information content (AvgIpc) is 2.73. The lowest BCUT2D eigenvalue weighted by Crippen LogP contribution is -2.46. The van der Waals surface area contributed by atoms with Gasteiger partial charge >= 0.3 is 0 Å². The van der Waals surface area contributed by atoms with E-state index in [1.165, 1.54) is 5.56 Å². The van der Waals surface area contributed by atoms with Crippen LogP contribution < -0.4 is 9.64 Å². The Hall–Kier alpha value is -1.75. The Labute approximate surface area is 186 Å². The van der Waals surface area contributed by atoms with Gasteiger partial charge in [-0.1, -0.05) is 23.7 Å². The molecule has 4 nitrogen and oxygen atoms in total. The molecule has 1 aliphatic rings. The van der Waals surface area contributed by atoms with Gasteiger partial charge in [-0.05, 0) is 81.5 Å². The third-order valence-corrected chi connectivity index (χ3v) is 6.23. The number of ether oxygens (including phenoxy) is 1. The summed E-state index contributed by atoms with van der Waals surface area (Å²) in [6.07, 6.45) is 3.67. The Balaban J connectivity index is 1.41. The van der Waals surface area contributed by atoms with E-state index in [0.29, 0.717) is 0 Å². The van der Waals surface area contributed by atoms with E-state index in [9.17, 15) is 5.11 Å². The van der Waals surface area contributed by atoms with Gasteiger partial charge in [-0.25, -0.2) is 0 Å². The molecule has 3 rings (SSSR count). The predicted octanol–water partition coefficient (Wildman–Crippen LogP) is 5.02. The van der Waals surface area contributed by atoms with Crippen molar-refractivity contribution in [3.8, 4) is 5.75 Å². The molecule has 30 heavy (non-hydrogen) atoms. The van der Waals surface area contributed by atoms with E-state index in [1.807, 2.05) is 38.1 Å². The molecule has 0 amide bonds. The van der Waals surface area contributed by atoms with Crippen LogP contribution in [0.2, 0.25) is 5.02 Å². The molecular formula is C25H35ClN2O2. The Morgan fingerprint density at radius 3 is 2.30 bits per heavy atom. The van der Waals surface area contributed by atoms with Crippen molar-refractivity contribution >= 4 is 17.3 Å². The van der Waals surface area contributed by atoms with Crippen molar-refractivity contribution in [2.24, 2.45) is 0 Å². The maximum atomic E-state index is 11.1. The first kappa shape index (κ1) is 22.9. The van der Waals surface area contributed by atoms with Gasteiger partial charge in [0.2, 0.25) is 0 Å². The van der Waals surface area contributed by atoms with Gasteiger partial charge in [0, 0.05) is 43.9 Å². The predicted molar refractivity (Wildman–Crippen MR) is 126 cm³/mol. The molecule has 1 fully saturated rings. The number of nitrogens with zero attached hydrogens (tertiary/aromatic N) is 2. The summed E-state index contributed by atoms with van der Waals surface area (Å²) in [4.78, 5) is 4.67. The zero-order valence-corrected chi connectivity index (χ0v) is 19.2. The van der Waals surface area contributed by atoms with E-state index in [-0.39, 0.29) is 6.10 Å². The zero-order valence-electron chi connectivity index (χ0n) is 18.5. The second kappa shape index (κ2) is 10.5. The van der Waals surface area contributed by atoms with E-state index in [0.717, 1.165) is 68.3 Å². The molecule has 0 bridgehead atoms. The largest absolute Gasteiger partial charge is 0.491 e. The average molecular weight is 431 g/mol. The fourth-order valence-electron chi connectivity index (χ4n) is 3.94. The lowest BCUT2D eigenvalue weighted by Gasteiger charge is -2.39. The molecule has 0 saturated carbocycles. The summed E-state index contributed by atoms with van der Waals surface area (Å²) in [5.41, 5.74) is 1.90. The third kappa shape index (κ3) is 6.90. The van der Waals surface area contributed by atoms with Gasteiger partial charge in [0.25, 0.3) is 0 Å². The number of aliphatic hydroxyl groups is 1. The number of hydrogen-bond donors (Lipinski definition) is 1. The Bertz CT molecular complexity index is 769. The normalized spacial score (nSPS) is 16.6. The highest BCUT2D eigenvalue weighted by Gasteiger charge is 2.32. The minimum Gasteiger partial charge on any atom is -0.491 e. The van der Waals surface area contributed by atoms with Crippen LogP contribution in [0.1, 0.15) is 38.7 Å². The second-order valence-electron chi connectivity index (χ2n) is 8.77. The van der Waals surface area contributed by atoms with Gasteiger partial charge in [-0.15, -0.1) is 0 Å². The fourth-order valence-corrected chi connectivity index (χ4v) is 4.06. The molecule has 1 aliphatic heterocycles. The van der Waals surface area contributed by atoms with Crippen LogP contribution in [-0.4, -0.2) is 54.9 Å². The van der Waals surface area contributed by atoms with Crippen molar-refractivity contribution in [3.63, 3.8) is 0 Å². The maximum absolute atomic E-state index is 11.1. The molecule has 0 unspecified atom stereocenters. The van der Waals surface area contributed by atoms with Crippen molar-refractivity contribution in [2.45, 2.75) is 51.2 Å². The molecule has 1 saturated heterocycles. The summed E-state index contributed by atoms with van der Waals surface area (Å²) in [7, 11) is 2.09. The molecule has 2 aromatic carbocycles. The van der Waals surface area contributed by atoms with Crippen LogP contribution in [-0.2, 0) is 6.42 Å². The summed E-state index contributed by atoms with van der Waals surface area (Å²) in [5, 5.41) is 11.8. The van der Waals surface area contributed by atoms with Gasteiger partial charge in [0.15, 0.2) is 0 Å². The van der Waals surface area contributed by atoms with Gasteiger partial charge < -0.3 is 19.6 Å². The highest BCUT2D eigenvalue weighted by molar-refractivity contribution is 6.30. The fraction of sp³-hybridized carbons (Fsp3) is 0.520. The summed E-state index contributed by atoms with van der Waals surface area (Å²) >= 11 is 5.96. The van der Waals surface area contributed by atoms with E-state index in [1.54, 1.807) is 0 Å². The summed E-state index contributed by atoms with van der Waals surface area (Å²) in [6.45, 7) is 7.84. The van der Waals surface area contributed by atoms with Crippen molar-refractivity contribution in [2.75, 3.05) is 38.1 Å². The van der Waals surface area contributed by atoms with E-state index < -0.39 is 5.60 Å². The van der Waals surface area contributed by atoms with Gasteiger partial charge in [0.05, 0.1) is 11.7 Å². The van der Waals surface area contributed by atoms with Crippen molar-refractivity contribution in [1.29, 1.82) is 0 Å². The first-order chi connectivity index (χ1) is 14.3. The molecule has 0 aliphatic carbocycles. The highest BCUT2D eigenvalue weighted by Crippen LogP contribution is 2.27. The minimum absolute atomic E-state index is 0.180. The van der Waals surface area contributed by atoms with E-state index in [4.69, 9.17) is 16.3 Å². The topological polar surface area (TPSA) is 35.9 Å². The minimum atomic E-state index is -0.564. The number of anilines is 1. The number of hydrogen-bond acceptors (Lipinski definition) is 4. The first-order valence-electron chi connectivity index (χ1n) is 11.0. The van der Waals surface area contributed by atoms with Crippen LogP contribution in [0.25, 0.3) is 0 Å². The first-order valence-corrected chi connectivity index (χ1v) is 11.4. The molecule has 1 N–H and O–H groups in total. The monoisotopic (exact) mass is 430 g/mol. The Morgan fingerprint density at radius 2 is 1.70 bits per heavy atom. The molecule has 0 aromatic heterocycles. The smallest absolute Gasteiger partial charge is 0.119 e. The number of rotatable bonds is 9. The molecule has 0 atom stereocenters. The molecule has 0 spiro atoms. The van der Waals surface area contributed by atoms with Crippen molar-refractivity contribution in [3.05, 3.63) is 59.1 Å². The van der Waals surface area contributed by atoms with E-state index in [2.05, 4.69) is 41.1 Å². The number of likely N-dealkylation sites (tertiary alicyclic amines) is 1. The maximum Gasteiger partial charge on any atom is 0.119 e. The van der Waals surface area contributed by atoms with Gasteiger partial charge in [-0.3, -0.25) is 0 Å². The van der Waals surface area contributed by atoms with Crippen LogP contribution in [0.15, 0.2) is 48.5 Å². The molecule has 1 heterocycles. The second-order valence-corrected chi connectivity index (χ2v) is 9.21. The third-order valence-electron chi connectivity index (χ3n) is 5.98. The summed E-state index contributed by atoms with van der Waals surface area (Å²) in [5.74, 6) is 0.895. The summed E-state index contributed by atoms with van der Waals surface area (Å²) in [6, 6.07) is 16.3. The molecular weight excluding hydrogens is 396 g/mol. The van der Waals surface area contributed by atoms with Crippen LogP contribution in [0.3, 0.4) is 0 Å². The number of benzene rings is 2. The van der Waals surface area contributed by atoms with Gasteiger partial charge in [-0.2, -0.15) is 0 Å². The van der Waals surface area contributed by atoms with E-state index >= 15 is 0 Å². The number of halogens is 1. The quantitative estimate of drug-likeness (QED) is 0.605. The lowest BCUT2D eigenvalue weighted by molar-refractivity contribution is -0.0254. The van der Waals surface area contributed by atoms with Crippen LogP contribution in [0.4, 0.5) is 5.69 Å². The Kier molecular flexibility index (Phi) is 8.04. The zero-order chi connectivity index (χ0) is 21.6. The molecule has 0 radical (unpaired) electrons. The van der Waals surface area contributed by atoms with Crippen molar-refractivity contribution in [1.82, 2.24) is 4.90 Å². The van der Waals surface area contributed by atoms with Crippen LogP contribution >= 0.6 is 11.6 Å². The molecule has 164 valence electrons. The highest BCUT2D eigenvalue weighted by atomic mass is 35.5. The number of piperidine rings is 1. The summed E-state index contributed by atoms with van der Waals surface area (Å²) < 4.78 is 5.71. The molecule has 2 aromatic rings. The van der Waals surface area contributed by atoms with Gasteiger partial charge in [0.1, 0.15) is 5.75 Å². The van der Waals surface area contributed by atoms with Crippen molar-refractivity contribution < 1.29 is 9.84 Å².